The summed E-state index contributed by atoms with van der Waals surface area (Å²) < 4.78 is 0. The molecular weight excluding hydrogens is 248 g/mol. The Morgan fingerprint density at radius 2 is 1.76 bits per heavy atom. The van der Waals surface area contributed by atoms with Crippen molar-refractivity contribution in [2.75, 3.05) is 0 Å². The third kappa shape index (κ3) is 2.37. The Labute approximate surface area is 108 Å². The van der Waals surface area contributed by atoms with Crippen LogP contribution in [0.15, 0.2) is 54.9 Å². The van der Waals surface area contributed by atoms with Gasteiger partial charge in [-0.2, -0.15) is 0 Å². The Morgan fingerprint density at radius 3 is 2.47 bits per heavy atom. The minimum atomic E-state index is 0.332. The first-order valence-corrected chi connectivity index (χ1v) is 7.52. The van der Waals surface area contributed by atoms with Crippen molar-refractivity contribution in [3.8, 4) is 0 Å². The topological polar surface area (TPSA) is 25.8 Å². The molecule has 1 atom stereocenters. The van der Waals surface area contributed by atoms with Gasteiger partial charge in [0.1, 0.15) is 0 Å². The van der Waals surface area contributed by atoms with Crippen molar-refractivity contribution >= 4 is 26.5 Å². The van der Waals surface area contributed by atoms with Gasteiger partial charge in [-0.05, 0) is 30.3 Å². The van der Waals surface area contributed by atoms with Gasteiger partial charge in [0.05, 0.1) is 16.6 Å². The second-order valence-electron chi connectivity index (χ2n) is 3.60. The zero-order chi connectivity index (χ0) is 11.5. The van der Waals surface area contributed by atoms with Gasteiger partial charge < -0.3 is 0 Å². The molecule has 3 heterocycles. The molecule has 2 aromatic heterocycles. The highest BCUT2D eigenvalue weighted by Crippen LogP contribution is 2.53. The molecule has 1 aliphatic heterocycles. The van der Waals surface area contributed by atoms with Gasteiger partial charge in [0.15, 0.2) is 0 Å². The summed E-state index contributed by atoms with van der Waals surface area (Å²) in [5.74, 6) is 0. The second kappa shape index (κ2) is 4.94. The molecule has 84 valence electrons. The molecule has 0 fully saturated rings. The molecule has 0 N–H and O–H groups in total. The van der Waals surface area contributed by atoms with Crippen molar-refractivity contribution in [1.29, 1.82) is 0 Å². The smallest absolute Gasteiger partial charge is 0.0771 e. The summed E-state index contributed by atoms with van der Waals surface area (Å²) in [6, 6.07) is 12.0. The Kier molecular flexibility index (Phi) is 3.16. The summed E-state index contributed by atoms with van der Waals surface area (Å²) in [6.07, 6.45) is 5.91. The van der Waals surface area contributed by atoms with E-state index in [1.54, 1.807) is 10.8 Å². The molecule has 0 saturated heterocycles. The number of nitrogens with zero attached hydrogens (tertiary/aromatic N) is 2. The van der Waals surface area contributed by atoms with E-state index in [0.717, 1.165) is 11.4 Å². The predicted molar refractivity (Wildman–Crippen MR) is 74.4 cm³/mol. The van der Waals surface area contributed by atoms with Gasteiger partial charge in [-0.3, -0.25) is 9.97 Å². The maximum Gasteiger partial charge on any atom is 0.0771 e. The van der Waals surface area contributed by atoms with E-state index >= 15 is 0 Å². The van der Waals surface area contributed by atoms with Crippen LogP contribution in [-0.4, -0.2) is 9.97 Å². The van der Waals surface area contributed by atoms with Crippen molar-refractivity contribution < 1.29 is 0 Å². The van der Waals surface area contributed by atoms with Crippen molar-refractivity contribution in [1.82, 2.24) is 9.97 Å². The third-order valence-corrected chi connectivity index (χ3v) is 5.10. The lowest BCUT2D eigenvalue weighted by Crippen LogP contribution is -1.89. The lowest BCUT2D eigenvalue weighted by molar-refractivity contribution is 1.10. The Bertz CT molecular complexity index is 526. The van der Waals surface area contributed by atoms with E-state index < -0.39 is 0 Å². The molecule has 2 aromatic rings. The lowest BCUT2D eigenvalue weighted by atomic mass is 10.2. The summed E-state index contributed by atoms with van der Waals surface area (Å²) in [6.45, 7) is 0. The summed E-state index contributed by atoms with van der Waals surface area (Å²) >= 11 is 0. The maximum atomic E-state index is 4.39. The van der Waals surface area contributed by atoms with Crippen LogP contribution in [0.1, 0.15) is 16.6 Å². The highest BCUT2D eigenvalue weighted by molar-refractivity contribution is 8.80. The average Bonchev–Trinajstić information content (AvgIpc) is 2.90. The average molecular weight is 258 g/mol. The first kappa shape index (κ1) is 10.9. The monoisotopic (exact) mass is 258 g/mol. The van der Waals surface area contributed by atoms with E-state index in [0.29, 0.717) is 5.25 Å². The first-order valence-electron chi connectivity index (χ1n) is 5.31. The van der Waals surface area contributed by atoms with Crippen molar-refractivity contribution in [2.24, 2.45) is 0 Å². The molecular formula is C13H10N2S2. The van der Waals surface area contributed by atoms with E-state index in [1.165, 1.54) is 4.91 Å². The van der Waals surface area contributed by atoms with Crippen molar-refractivity contribution in [2.45, 2.75) is 5.25 Å². The van der Waals surface area contributed by atoms with Crippen LogP contribution in [0.4, 0.5) is 0 Å². The summed E-state index contributed by atoms with van der Waals surface area (Å²) in [5.41, 5.74) is 2.15. The maximum absolute atomic E-state index is 4.39. The molecule has 0 aliphatic carbocycles. The van der Waals surface area contributed by atoms with Crippen LogP contribution in [0.3, 0.4) is 0 Å². The molecule has 0 bridgehead atoms. The Morgan fingerprint density at radius 1 is 0.941 bits per heavy atom. The van der Waals surface area contributed by atoms with Gasteiger partial charge in [-0.15, -0.1) is 0 Å². The van der Waals surface area contributed by atoms with Crippen LogP contribution in [0.2, 0.25) is 0 Å². The van der Waals surface area contributed by atoms with Crippen LogP contribution in [0.5, 0.6) is 0 Å². The van der Waals surface area contributed by atoms with Crippen LogP contribution in [0.25, 0.3) is 4.91 Å². The van der Waals surface area contributed by atoms with Gasteiger partial charge in [-0.1, -0.05) is 33.7 Å². The molecule has 0 radical (unpaired) electrons. The largest absolute Gasteiger partial charge is 0.260 e. The van der Waals surface area contributed by atoms with Crippen LogP contribution in [-0.2, 0) is 0 Å². The molecule has 2 nitrogen and oxygen atoms in total. The van der Waals surface area contributed by atoms with E-state index in [9.17, 15) is 0 Å². The summed E-state index contributed by atoms with van der Waals surface area (Å²) in [7, 11) is 3.59. The number of aromatic nitrogens is 2. The van der Waals surface area contributed by atoms with Gasteiger partial charge in [0, 0.05) is 17.3 Å². The van der Waals surface area contributed by atoms with Crippen LogP contribution in [0, 0.1) is 0 Å². The zero-order valence-corrected chi connectivity index (χ0v) is 10.6. The standard InChI is InChI=1S/C13H10N2S2/c1-3-7-14-10(5-1)12-9-13(17-16-12)11-6-2-4-8-15-11/h1-9,12H. The predicted octanol–water partition coefficient (Wildman–Crippen LogP) is 3.95. The highest BCUT2D eigenvalue weighted by atomic mass is 33.1. The molecule has 17 heavy (non-hydrogen) atoms. The molecule has 0 saturated carbocycles. The quantitative estimate of drug-likeness (QED) is 0.762. The third-order valence-electron chi connectivity index (χ3n) is 2.44. The second-order valence-corrected chi connectivity index (χ2v) is 5.98. The Hall–Kier alpha value is -1.26. The first-order chi connectivity index (χ1) is 8.43. The molecule has 0 amide bonds. The molecule has 1 unspecified atom stereocenters. The number of rotatable bonds is 2. The number of hydrogen-bond donors (Lipinski definition) is 0. The summed E-state index contributed by atoms with van der Waals surface area (Å²) in [4.78, 5) is 9.98. The van der Waals surface area contributed by atoms with Gasteiger partial charge >= 0.3 is 0 Å². The molecule has 0 spiro atoms. The van der Waals surface area contributed by atoms with E-state index in [4.69, 9.17) is 0 Å². The molecule has 0 aromatic carbocycles. The van der Waals surface area contributed by atoms with Gasteiger partial charge in [0.25, 0.3) is 0 Å². The molecule has 1 aliphatic rings. The van der Waals surface area contributed by atoms with Crippen molar-refractivity contribution in [3.63, 3.8) is 0 Å². The normalized spacial score (nSPS) is 19.1. The minimum Gasteiger partial charge on any atom is -0.260 e. The fraction of sp³-hybridized carbons (Fsp3) is 0.0769. The number of hydrogen-bond acceptors (Lipinski definition) is 4. The fourth-order valence-electron chi connectivity index (χ4n) is 1.61. The number of pyridine rings is 2. The summed E-state index contributed by atoms with van der Waals surface area (Å²) in [5, 5.41) is 0.332. The minimum absolute atomic E-state index is 0.332. The van der Waals surface area contributed by atoms with Crippen LogP contribution >= 0.6 is 21.6 Å². The zero-order valence-electron chi connectivity index (χ0n) is 8.98. The van der Waals surface area contributed by atoms with E-state index in [-0.39, 0.29) is 0 Å². The SMILES string of the molecule is C1=C(c2ccccn2)SSC1c1ccccn1. The lowest BCUT2D eigenvalue weighted by Gasteiger charge is -2.02. The fourth-order valence-corrected chi connectivity index (χ4v) is 4.24. The van der Waals surface area contributed by atoms with E-state index in [1.807, 2.05) is 53.5 Å². The van der Waals surface area contributed by atoms with Crippen LogP contribution < -0.4 is 0 Å². The van der Waals surface area contributed by atoms with Gasteiger partial charge in [-0.25, -0.2) is 0 Å². The Balaban J connectivity index is 1.87. The van der Waals surface area contributed by atoms with Gasteiger partial charge in [0.2, 0.25) is 0 Å². The highest BCUT2D eigenvalue weighted by Gasteiger charge is 2.21. The van der Waals surface area contributed by atoms with E-state index in [2.05, 4.69) is 22.1 Å². The van der Waals surface area contributed by atoms with Crippen molar-refractivity contribution in [3.05, 3.63) is 66.3 Å². The molecule has 3 rings (SSSR count). The molecule has 4 heteroatoms.